The summed E-state index contributed by atoms with van der Waals surface area (Å²) in [5, 5.41) is 15.3. The number of carbonyl (C=O) groups excluding carboxylic acids is 1. The smallest absolute Gasteiger partial charge is 0.319 e. The van der Waals surface area contributed by atoms with Gasteiger partial charge in [-0.2, -0.15) is 5.26 Å². The average Bonchev–Trinajstić information content (AvgIpc) is 2.84. The Morgan fingerprint density at radius 1 is 1.28 bits per heavy atom. The zero-order valence-electron chi connectivity index (χ0n) is 19.3. The normalized spacial score (nSPS) is 11.5. The molecule has 36 heavy (non-hydrogen) atoms. The number of rotatable bonds is 6. The van der Waals surface area contributed by atoms with Crippen molar-refractivity contribution in [3.63, 3.8) is 0 Å². The van der Waals surface area contributed by atoms with Gasteiger partial charge in [-0.1, -0.05) is 23.7 Å². The third-order valence-electron chi connectivity index (χ3n) is 5.18. The van der Waals surface area contributed by atoms with Gasteiger partial charge in [0, 0.05) is 12.2 Å². The van der Waals surface area contributed by atoms with Crippen molar-refractivity contribution in [2.45, 2.75) is 20.0 Å². The van der Waals surface area contributed by atoms with Crippen molar-refractivity contribution in [3.05, 3.63) is 75.6 Å². The Kier molecular flexibility index (Phi) is 6.98. The molecule has 4 N–H and O–H groups in total. The van der Waals surface area contributed by atoms with Crippen LogP contribution in [-0.4, -0.2) is 32.1 Å². The zero-order valence-corrected chi connectivity index (χ0v) is 20.1. The van der Waals surface area contributed by atoms with Crippen LogP contribution in [0.3, 0.4) is 0 Å². The molecule has 12 heteroatoms. The molecule has 0 aliphatic carbocycles. The van der Waals surface area contributed by atoms with Crippen LogP contribution in [0, 0.1) is 11.3 Å². The molecular formula is C24H21ClN8O3. The average molecular weight is 505 g/mol. The Balaban J connectivity index is 1.88. The molecule has 2 aromatic heterocycles. The molecule has 2 aromatic carbocycles. The number of carbonyl (C=O) groups is 1. The highest BCUT2D eigenvalue weighted by Gasteiger charge is 2.23. The minimum Gasteiger partial charge on any atom is -0.465 e. The van der Waals surface area contributed by atoms with Crippen LogP contribution in [0.2, 0.25) is 5.02 Å². The number of fused-ring (bicyclic) bond motifs is 1. The molecule has 0 spiro atoms. The van der Waals surface area contributed by atoms with Crippen LogP contribution in [0.5, 0.6) is 5.88 Å². The topological polar surface area (TPSA) is 161 Å². The van der Waals surface area contributed by atoms with E-state index in [1.165, 1.54) is 10.9 Å². The van der Waals surface area contributed by atoms with Crippen LogP contribution in [-0.2, 0) is 0 Å². The third-order valence-corrected chi connectivity index (χ3v) is 5.49. The lowest BCUT2D eigenvalue weighted by molar-refractivity contribution is 0.203. The first kappa shape index (κ1) is 24.4. The highest BCUT2D eigenvalue weighted by atomic mass is 35.5. The Morgan fingerprint density at radius 2 is 2.06 bits per heavy atom. The second-order valence-electron chi connectivity index (χ2n) is 7.59. The number of nitrogens with two attached hydrogens (primary N) is 1. The Labute approximate surface area is 210 Å². The molecule has 0 aliphatic rings. The number of urea groups is 1. The standard InChI is InChI=1S/C24H21ClN8O3/c1-3-28-24(35)31-14-6-4-7-15(10-14)33-21(32-18-9-5-8-17(25)19(18)23(33)34)13(2)36-22-16(11-26)20(27)29-12-30-22/h4-10,12-13H,3H2,1-2H3,(H2,27,29,30)(H2,28,31,35). The first-order chi connectivity index (χ1) is 17.3. The van der Waals surface area contributed by atoms with E-state index in [0.717, 1.165) is 0 Å². The summed E-state index contributed by atoms with van der Waals surface area (Å²) in [5.41, 5.74) is 6.55. The Morgan fingerprint density at radius 3 is 2.81 bits per heavy atom. The van der Waals surface area contributed by atoms with E-state index in [1.807, 2.05) is 6.07 Å². The largest absolute Gasteiger partial charge is 0.465 e. The Bertz CT molecular complexity index is 1560. The fourth-order valence-electron chi connectivity index (χ4n) is 3.58. The van der Waals surface area contributed by atoms with Gasteiger partial charge in [-0.25, -0.2) is 19.7 Å². The molecule has 11 nitrogen and oxygen atoms in total. The van der Waals surface area contributed by atoms with Gasteiger partial charge < -0.3 is 21.1 Å². The van der Waals surface area contributed by atoms with E-state index in [0.29, 0.717) is 23.4 Å². The molecule has 1 unspecified atom stereocenters. The fourth-order valence-corrected chi connectivity index (χ4v) is 3.83. The summed E-state index contributed by atoms with van der Waals surface area (Å²) in [5.74, 6) is 0.136. The van der Waals surface area contributed by atoms with Crippen LogP contribution < -0.4 is 26.7 Å². The lowest BCUT2D eigenvalue weighted by Gasteiger charge is -2.20. The van der Waals surface area contributed by atoms with E-state index in [1.54, 1.807) is 56.3 Å². The number of nitrogen functional groups attached to an aromatic ring is 1. The van der Waals surface area contributed by atoms with Gasteiger partial charge in [0.25, 0.3) is 5.56 Å². The lowest BCUT2D eigenvalue weighted by Crippen LogP contribution is -2.29. The summed E-state index contributed by atoms with van der Waals surface area (Å²) in [4.78, 5) is 38.2. The van der Waals surface area contributed by atoms with Gasteiger partial charge in [0.05, 0.1) is 21.6 Å². The molecule has 2 heterocycles. The molecule has 182 valence electrons. The molecule has 4 rings (SSSR count). The lowest BCUT2D eigenvalue weighted by atomic mass is 10.2. The SMILES string of the molecule is CCNC(=O)Nc1cccc(-n2c(C(C)Oc3ncnc(N)c3C#N)nc3cccc(Cl)c3c2=O)c1. The minimum atomic E-state index is -0.859. The quantitative estimate of drug-likeness (QED) is 0.359. The van der Waals surface area contributed by atoms with E-state index < -0.39 is 11.7 Å². The van der Waals surface area contributed by atoms with Crippen LogP contribution in [0.1, 0.15) is 31.3 Å². The number of nitrogens with one attached hydrogen (secondary N) is 2. The summed E-state index contributed by atoms with van der Waals surface area (Å²) >= 11 is 6.36. The number of hydrogen-bond acceptors (Lipinski definition) is 8. The van der Waals surface area contributed by atoms with Crippen molar-refractivity contribution >= 4 is 40.0 Å². The Hall–Kier alpha value is -4.69. The van der Waals surface area contributed by atoms with Gasteiger partial charge in [-0.3, -0.25) is 9.36 Å². The number of halogens is 1. The number of benzene rings is 2. The molecule has 0 fully saturated rings. The van der Waals surface area contributed by atoms with Crippen LogP contribution in [0.15, 0.2) is 53.6 Å². The van der Waals surface area contributed by atoms with Crippen LogP contribution in [0.25, 0.3) is 16.6 Å². The summed E-state index contributed by atoms with van der Waals surface area (Å²) in [6, 6.07) is 13.2. The maximum absolute atomic E-state index is 13.7. The number of anilines is 2. The summed E-state index contributed by atoms with van der Waals surface area (Å²) in [6.07, 6.45) is 0.317. The highest BCUT2D eigenvalue weighted by Crippen LogP contribution is 2.28. The minimum absolute atomic E-state index is 0.0322. The van der Waals surface area contributed by atoms with Crippen LogP contribution >= 0.6 is 11.6 Å². The molecule has 0 saturated heterocycles. The van der Waals surface area contributed by atoms with E-state index in [9.17, 15) is 14.9 Å². The molecule has 1 atom stereocenters. The summed E-state index contributed by atoms with van der Waals surface area (Å²) in [7, 11) is 0. The van der Waals surface area contributed by atoms with Gasteiger partial charge >= 0.3 is 6.03 Å². The van der Waals surface area contributed by atoms with E-state index in [4.69, 9.17) is 22.1 Å². The molecule has 0 aliphatic heterocycles. The van der Waals surface area contributed by atoms with Gasteiger partial charge in [-0.15, -0.1) is 0 Å². The molecule has 0 bridgehead atoms. The van der Waals surface area contributed by atoms with E-state index >= 15 is 0 Å². The van der Waals surface area contributed by atoms with Crippen molar-refractivity contribution in [1.82, 2.24) is 24.8 Å². The molecular weight excluding hydrogens is 484 g/mol. The number of amides is 2. The fraction of sp³-hybridized carbons (Fsp3) is 0.167. The number of nitriles is 1. The van der Waals surface area contributed by atoms with Crippen molar-refractivity contribution < 1.29 is 9.53 Å². The molecule has 2 amide bonds. The van der Waals surface area contributed by atoms with E-state index in [-0.39, 0.29) is 39.5 Å². The van der Waals surface area contributed by atoms with Gasteiger partial charge in [0.1, 0.15) is 18.2 Å². The van der Waals surface area contributed by atoms with Crippen LogP contribution in [0.4, 0.5) is 16.3 Å². The number of nitrogens with zero attached hydrogens (tertiary/aromatic N) is 5. The summed E-state index contributed by atoms with van der Waals surface area (Å²) in [6.45, 7) is 3.91. The highest BCUT2D eigenvalue weighted by molar-refractivity contribution is 6.35. The maximum atomic E-state index is 13.7. The first-order valence-electron chi connectivity index (χ1n) is 10.9. The van der Waals surface area contributed by atoms with E-state index in [2.05, 4.69) is 25.6 Å². The third kappa shape index (κ3) is 4.75. The molecule has 0 saturated carbocycles. The van der Waals surface area contributed by atoms with Crippen molar-refractivity contribution in [1.29, 1.82) is 5.26 Å². The predicted octanol–water partition coefficient (Wildman–Crippen LogP) is 3.56. The van der Waals surface area contributed by atoms with Crippen molar-refractivity contribution in [2.75, 3.05) is 17.6 Å². The van der Waals surface area contributed by atoms with Gasteiger partial charge in [0.2, 0.25) is 5.88 Å². The number of ether oxygens (including phenoxy) is 1. The second-order valence-corrected chi connectivity index (χ2v) is 8.00. The molecule has 4 aromatic rings. The van der Waals surface area contributed by atoms with Gasteiger partial charge in [-0.05, 0) is 44.2 Å². The number of hydrogen-bond donors (Lipinski definition) is 3. The van der Waals surface area contributed by atoms with Crippen molar-refractivity contribution in [3.8, 4) is 17.6 Å². The zero-order chi connectivity index (χ0) is 25.8. The van der Waals surface area contributed by atoms with Gasteiger partial charge in [0.15, 0.2) is 17.5 Å². The predicted molar refractivity (Wildman–Crippen MR) is 135 cm³/mol. The first-order valence-corrected chi connectivity index (χ1v) is 11.3. The summed E-state index contributed by atoms with van der Waals surface area (Å²) < 4.78 is 7.28. The monoisotopic (exact) mass is 504 g/mol. The molecule has 0 radical (unpaired) electrons. The number of aromatic nitrogens is 4. The second kappa shape index (κ2) is 10.3. The van der Waals surface area contributed by atoms with Crippen molar-refractivity contribution in [2.24, 2.45) is 0 Å². The maximum Gasteiger partial charge on any atom is 0.319 e.